The van der Waals surface area contributed by atoms with Crippen LogP contribution in [-0.2, 0) is 4.79 Å². The number of nitrogens with one attached hydrogen (secondary N) is 1. The molecule has 102 valence electrons. The van der Waals surface area contributed by atoms with Gasteiger partial charge in [0.05, 0.1) is 0 Å². The van der Waals surface area contributed by atoms with Crippen LogP contribution in [-0.4, -0.2) is 42.4 Å². The third kappa shape index (κ3) is 9.44. The van der Waals surface area contributed by atoms with Crippen molar-refractivity contribution in [2.75, 3.05) is 25.6 Å². The maximum absolute atomic E-state index is 10.9. The molecule has 3 N–H and O–H groups in total. The topological polar surface area (TPSA) is 58.4 Å². The molecular formula is C12H27N3OS. The molecule has 0 rings (SSSR count). The van der Waals surface area contributed by atoms with Gasteiger partial charge in [-0.2, -0.15) is 11.8 Å². The van der Waals surface area contributed by atoms with Gasteiger partial charge in [-0.25, -0.2) is 5.84 Å². The first-order valence-electron chi connectivity index (χ1n) is 6.30. The lowest BCUT2D eigenvalue weighted by atomic mass is 10.1. The molecular weight excluding hydrogens is 234 g/mol. The lowest BCUT2D eigenvalue weighted by Crippen LogP contribution is -2.31. The van der Waals surface area contributed by atoms with Crippen molar-refractivity contribution < 1.29 is 4.79 Å². The van der Waals surface area contributed by atoms with E-state index in [1.165, 1.54) is 12.2 Å². The third-order valence-corrected chi connectivity index (χ3v) is 3.71. The van der Waals surface area contributed by atoms with E-state index in [0.29, 0.717) is 12.5 Å². The van der Waals surface area contributed by atoms with E-state index in [-0.39, 0.29) is 5.91 Å². The summed E-state index contributed by atoms with van der Waals surface area (Å²) in [6, 6.07) is 0.648. The fraction of sp³-hybridized carbons (Fsp3) is 0.917. The van der Waals surface area contributed by atoms with Crippen LogP contribution in [0.3, 0.4) is 0 Å². The van der Waals surface area contributed by atoms with Crippen molar-refractivity contribution in [3.05, 3.63) is 0 Å². The number of unbranched alkanes of at least 4 members (excludes halogenated alkanes) is 2. The Kier molecular flexibility index (Phi) is 10.7. The predicted molar refractivity (Wildman–Crippen MR) is 75.9 cm³/mol. The summed E-state index contributed by atoms with van der Waals surface area (Å²) in [4.78, 5) is 13.3. The highest BCUT2D eigenvalue weighted by Crippen LogP contribution is 2.08. The zero-order chi connectivity index (χ0) is 13.1. The summed E-state index contributed by atoms with van der Waals surface area (Å²) in [7, 11) is 2.18. The van der Waals surface area contributed by atoms with Crippen LogP contribution in [0.25, 0.3) is 0 Å². The minimum atomic E-state index is -0.0632. The number of amides is 1. The number of carbonyl (C=O) groups excluding carboxylic acids is 1. The van der Waals surface area contributed by atoms with Gasteiger partial charge in [0.2, 0.25) is 5.91 Å². The van der Waals surface area contributed by atoms with Gasteiger partial charge >= 0.3 is 0 Å². The monoisotopic (exact) mass is 261 g/mol. The molecule has 0 aromatic heterocycles. The highest BCUT2D eigenvalue weighted by molar-refractivity contribution is 7.98. The van der Waals surface area contributed by atoms with Crippen LogP contribution >= 0.6 is 11.8 Å². The zero-order valence-electron chi connectivity index (χ0n) is 11.4. The van der Waals surface area contributed by atoms with Crippen LogP contribution in [0.15, 0.2) is 0 Å². The molecule has 1 unspecified atom stereocenters. The summed E-state index contributed by atoms with van der Waals surface area (Å²) < 4.78 is 0. The Morgan fingerprint density at radius 3 is 2.71 bits per heavy atom. The second-order valence-corrected chi connectivity index (χ2v) is 5.47. The van der Waals surface area contributed by atoms with Gasteiger partial charge in [-0.1, -0.05) is 6.42 Å². The molecule has 0 saturated carbocycles. The van der Waals surface area contributed by atoms with Gasteiger partial charge in [0, 0.05) is 12.5 Å². The van der Waals surface area contributed by atoms with Gasteiger partial charge < -0.3 is 4.90 Å². The Bertz CT molecular complexity index is 202. The molecule has 0 radical (unpaired) electrons. The maximum atomic E-state index is 10.9. The number of hydrogen-bond donors (Lipinski definition) is 2. The van der Waals surface area contributed by atoms with Crippen LogP contribution in [0.1, 0.15) is 39.0 Å². The average molecular weight is 261 g/mol. The van der Waals surface area contributed by atoms with Crippen molar-refractivity contribution in [1.82, 2.24) is 10.3 Å². The van der Waals surface area contributed by atoms with Crippen molar-refractivity contribution in [2.45, 2.75) is 45.1 Å². The Labute approximate surface area is 110 Å². The summed E-state index contributed by atoms with van der Waals surface area (Å²) in [5.74, 6) is 6.17. The van der Waals surface area contributed by atoms with Crippen LogP contribution in [0, 0.1) is 0 Å². The molecule has 0 bridgehead atoms. The molecule has 0 saturated heterocycles. The zero-order valence-corrected chi connectivity index (χ0v) is 12.2. The van der Waals surface area contributed by atoms with Crippen molar-refractivity contribution in [1.29, 1.82) is 0 Å². The standard InChI is InChI=1S/C12H27N3OS/c1-11(8-10-17-3)15(2)9-6-4-5-7-12(16)14-13/h11H,4-10,13H2,1-3H3,(H,14,16). The number of carbonyl (C=O) groups is 1. The average Bonchev–Trinajstić information content (AvgIpc) is 2.34. The molecule has 0 aromatic rings. The van der Waals surface area contributed by atoms with E-state index in [2.05, 4.69) is 30.6 Å². The number of thioether (sulfide) groups is 1. The number of rotatable bonds is 10. The van der Waals surface area contributed by atoms with E-state index in [0.717, 1.165) is 25.8 Å². The lowest BCUT2D eigenvalue weighted by Gasteiger charge is -2.24. The fourth-order valence-corrected chi connectivity index (χ4v) is 2.20. The van der Waals surface area contributed by atoms with Gasteiger partial charge in [0.25, 0.3) is 0 Å². The van der Waals surface area contributed by atoms with Crippen molar-refractivity contribution in [3.8, 4) is 0 Å². The molecule has 0 fully saturated rings. The Hall–Kier alpha value is -0.260. The molecule has 5 heteroatoms. The molecule has 0 aliphatic heterocycles. The fourth-order valence-electron chi connectivity index (χ4n) is 1.62. The normalized spacial score (nSPS) is 12.8. The van der Waals surface area contributed by atoms with Crippen molar-refractivity contribution >= 4 is 17.7 Å². The second kappa shape index (κ2) is 10.9. The van der Waals surface area contributed by atoms with Gasteiger partial charge in [-0.05, 0) is 51.8 Å². The number of nitrogens with two attached hydrogens (primary N) is 1. The van der Waals surface area contributed by atoms with E-state index in [4.69, 9.17) is 5.84 Å². The minimum Gasteiger partial charge on any atom is -0.304 e. The molecule has 0 aliphatic carbocycles. The summed E-state index contributed by atoms with van der Waals surface area (Å²) in [5, 5.41) is 0. The van der Waals surface area contributed by atoms with Crippen molar-refractivity contribution in [2.24, 2.45) is 5.84 Å². The molecule has 1 amide bonds. The number of nitrogens with zero attached hydrogens (tertiary/aromatic N) is 1. The van der Waals surface area contributed by atoms with Gasteiger partial charge in [0.1, 0.15) is 0 Å². The van der Waals surface area contributed by atoms with E-state index in [1.54, 1.807) is 0 Å². The Balaban J connectivity index is 3.43. The van der Waals surface area contributed by atoms with Gasteiger partial charge in [0.15, 0.2) is 0 Å². The van der Waals surface area contributed by atoms with E-state index >= 15 is 0 Å². The first-order valence-corrected chi connectivity index (χ1v) is 7.69. The molecule has 0 aromatic carbocycles. The first kappa shape index (κ1) is 16.7. The van der Waals surface area contributed by atoms with E-state index in [1.807, 2.05) is 11.8 Å². The SMILES string of the molecule is CSCCC(C)N(C)CCCCCC(=O)NN. The van der Waals surface area contributed by atoms with Gasteiger partial charge in [-0.15, -0.1) is 0 Å². The molecule has 0 heterocycles. The van der Waals surface area contributed by atoms with E-state index < -0.39 is 0 Å². The molecule has 0 spiro atoms. The Morgan fingerprint density at radius 2 is 2.12 bits per heavy atom. The highest BCUT2D eigenvalue weighted by atomic mass is 32.2. The predicted octanol–water partition coefficient (Wildman–Crippen LogP) is 1.61. The smallest absolute Gasteiger partial charge is 0.233 e. The van der Waals surface area contributed by atoms with Crippen LogP contribution in [0.5, 0.6) is 0 Å². The maximum Gasteiger partial charge on any atom is 0.233 e. The number of hydrogen-bond acceptors (Lipinski definition) is 4. The minimum absolute atomic E-state index is 0.0632. The van der Waals surface area contributed by atoms with Crippen molar-refractivity contribution in [3.63, 3.8) is 0 Å². The first-order chi connectivity index (χ1) is 8.11. The molecule has 4 nitrogen and oxygen atoms in total. The van der Waals surface area contributed by atoms with Crippen LogP contribution in [0.4, 0.5) is 0 Å². The van der Waals surface area contributed by atoms with Crippen LogP contribution in [0.2, 0.25) is 0 Å². The number of hydrazine groups is 1. The highest BCUT2D eigenvalue weighted by Gasteiger charge is 2.07. The summed E-state index contributed by atoms with van der Waals surface area (Å²) in [6.07, 6.45) is 7.10. The van der Waals surface area contributed by atoms with E-state index in [9.17, 15) is 4.79 Å². The second-order valence-electron chi connectivity index (χ2n) is 4.49. The molecule has 0 aliphatic rings. The third-order valence-electron chi connectivity index (χ3n) is 3.07. The summed E-state index contributed by atoms with van der Waals surface area (Å²) >= 11 is 1.90. The largest absolute Gasteiger partial charge is 0.304 e. The quantitative estimate of drug-likeness (QED) is 0.271. The van der Waals surface area contributed by atoms with Gasteiger partial charge in [-0.3, -0.25) is 10.2 Å². The lowest BCUT2D eigenvalue weighted by molar-refractivity contribution is -0.121. The summed E-state index contributed by atoms with van der Waals surface area (Å²) in [5.41, 5.74) is 2.15. The molecule has 17 heavy (non-hydrogen) atoms. The molecule has 1 atom stereocenters. The Morgan fingerprint density at radius 1 is 1.41 bits per heavy atom. The summed E-state index contributed by atoms with van der Waals surface area (Å²) in [6.45, 7) is 3.39. The van der Waals surface area contributed by atoms with Crippen LogP contribution < -0.4 is 11.3 Å².